The lowest BCUT2D eigenvalue weighted by Gasteiger charge is -2.17. The molecule has 4 heteroatoms. The standard InChI is InChI=1S/C40H36N2O2/c1-3-5-10-26(4-2)25-44-31-19-22-34(37(43)23-31)36-24-35(41-40(42-36)30-11-7-6-8-12-30)32-20-17-29-16-15-27-13-9-14-28-18-21-33(32)39(29)38(27)28/h6-9,11-24,26,43H,3-5,10,25H2,1-2H3. The molecule has 218 valence electrons. The van der Waals surface area contributed by atoms with Crippen LogP contribution in [0.15, 0.2) is 109 Å². The van der Waals surface area contributed by atoms with Gasteiger partial charge >= 0.3 is 0 Å². The summed E-state index contributed by atoms with van der Waals surface area (Å²) in [5.74, 6) is 1.94. The number of benzene rings is 6. The van der Waals surface area contributed by atoms with E-state index in [2.05, 4.69) is 68.4 Å². The molecular weight excluding hydrogens is 540 g/mol. The summed E-state index contributed by atoms with van der Waals surface area (Å²) in [6.07, 6.45) is 4.63. The van der Waals surface area contributed by atoms with Gasteiger partial charge in [0.05, 0.1) is 18.0 Å². The Bertz CT molecular complexity index is 2050. The third-order valence-electron chi connectivity index (χ3n) is 8.84. The van der Waals surface area contributed by atoms with Crippen molar-refractivity contribution in [2.24, 2.45) is 5.92 Å². The Morgan fingerprint density at radius 3 is 2.09 bits per heavy atom. The molecule has 7 aromatic rings. The van der Waals surface area contributed by atoms with Gasteiger partial charge in [0.25, 0.3) is 0 Å². The van der Waals surface area contributed by atoms with Crippen LogP contribution in [-0.4, -0.2) is 21.7 Å². The number of hydrogen-bond donors (Lipinski definition) is 1. The van der Waals surface area contributed by atoms with E-state index in [9.17, 15) is 5.11 Å². The van der Waals surface area contributed by atoms with E-state index >= 15 is 0 Å². The van der Waals surface area contributed by atoms with Crippen LogP contribution in [0.25, 0.3) is 66.2 Å². The van der Waals surface area contributed by atoms with E-state index in [0.717, 1.165) is 35.0 Å². The number of phenolic OH excluding ortho intramolecular Hbond substituents is 1. The minimum Gasteiger partial charge on any atom is -0.507 e. The van der Waals surface area contributed by atoms with Gasteiger partial charge in [-0.2, -0.15) is 0 Å². The van der Waals surface area contributed by atoms with Crippen molar-refractivity contribution in [2.75, 3.05) is 6.61 Å². The maximum absolute atomic E-state index is 11.2. The number of ether oxygens (including phenoxy) is 1. The van der Waals surface area contributed by atoms with Gasteiger partial charge in [-0.05, 0) is 62.9 Å². The molecule has 1 N–H and O–H groups in total. The van der Waals surface area contributed by atoms with E-state index in [-0.39, 0.29) is 5.75 Å². The molecule has 44 heavy (non-hydrogen) atoms. The Labute approximate surface area is 258 Å². The number of nitrogens with zero attached hydrogens (tertiary/aromatic N) is 2. The molecule has 0 saturated heterocycles. The molecule has 0 aliphatic carbocycles. The van der Waals surface area contributed by atoms with E-state index in [1.807, 2.05) is 48.5 Å². The SMILES string of the molecule is CCCCC(CC)COc1ccc(-c2cc(-c3ccc4ccc5cccc6ccc3c4c56)nc(-c3ccccc3)n2)c(O)c1. The first-order valence-corrected chi connectivity index (χ1v) is 15.7. The highest BCUT2D eigenvalue weighted by Gasteiger charge is 2.17. The van der Waals surface area contributed by atoms with Gasteiger partial charge in [0.2, 0.25) is 0 Å². The van der Waals surface area contributed by atoms with Crippen molar-refractivity contribution in [1.82, 2.24) is 9.97 Å². The second kappa shape index (κ2) is 12.0. The second-order valence-corrected chi connectivity index (χ2v) is 11.7. The smallest absolute Gasteiger partial charge is 0.160 e. The molecule has 1 aromatic heterocycles. The molecule has 4 nitrogen and oxygen atoms in total. The van der Waals surface area contributed by atoms with Gasteiger partial charge in [0.1, 0.15) is 11.5 Å². The highest BCUT2D eigenvalue weighted by atomic mass is 16.5. The number of aromatic nitrogens is 2. The maximum Gasteiger partial charge on any atom is 0.160 e. The first kappa shape index (κ1) is 27.8. The Kier molecular flexibility index (Phi) is 7.57. The van der Waals surface area contributed by atoms with Crippen molar-refractivity contribution >= 4 is 32.3 Å². The van der Waals surface area contributed by atoms with Crippen molar-refractivity contribution in [3.8, 4) is 45.4 Å². The van der Waals surface area contributed by atoms with Gasteiger partial charge in [-0.1, -0.05) is 118 Å². The van der Waals surface area contributed by atoms with Gasteiger partial charge in [0, 0.05) is 22.8 Å². The van der Waals surface area contributed by atoms with Gasteiger partial charge in [-0.25, -0.2) is 9.97 Å². The summed E-state index contributed by atoms with van der Waals surface area (Å²) in [6, 6.07) is 37.2. The summed E-state index contributed by atoms with van der Waals surface area (Å²) in [6.45, 7) is 5.08. The van der Waals surface area contributed by atoms with Crippen LogP contribution in [-0.2, 0) is 0 Å². The fraction of sp³-hybridized carbons (Fsp3) is 0.200. The zero-order valence-electron chi connectivity index (χ0n) is 25.3. The Hall–Kier alpha value is -4.96. The van der Waals surface area contributed by atoms with E-state index in [1.165, 1.54) is 39.8 Å². The summed E-state index contributed by atoms with van der Waals surface area (Å²) >= 11 is 0. The molecule has 1 atom stereocenters. The molecule has 0 aliphatic heterocycles. The monoisotopic (exact) mass is 576 g/mol. The van der Waals surface area contributed by atoms with Crippen LogP contribution in [0, 0.1) is 5.92 Å². The van der Waals surface area contributed by atoms with E-state index < -0.39 is 0 Å². The lowest BCUT2D eigenvalue weighted by Crippen LogP contribution is -2.11. The van der Waals surface area contributed by atoms with Crippen LogP contribution >= 0.6 is 0 Å². The van der Waals surface area contributed by atoms with Crippen LogP contribution in [0.3, 0.4) is 0 Å². The molecule has 0 bridgehead atoms. The molecule has 0 amide bonds. The van der Waals surface area contributed by atoms with Crippen LogP contribution in [0.1, 0.15) is 39.5 Å². The van der Waals surface area contributed by atoms with E-state index in [4.69, 9.17) is 14.7 Å². The van der Waals surface area contributed by atoms with Crippen molar-refractivity contribution in [3.63, 3.8) is 0 Å². The quantitative estimate of drug-likeness (QED) is 0.165. The van der Waals surface area contributed by atoms with E-state index in [0.29, 0.717) is 35.4 Å². The van der Waals surface area contributed by atoms with Gasteiger partial charge in [-0.15, -0.1) is 0 Å². The summed E-state index contributed by atoms with van der Waals surface area (Å²) in [7, 11) is 0. The third-order valence-corrected chi connectivity index (χ3v) is 8.84. The molecule has 0 radical (unpaired) electrons. The summed E-state index contributed by atoms with van der Waals surface area (Å²) in [4.78, 5) is 10.1. The van der Waals surface area contributed by atoms with E-state index in [1.54, 1.807) is 6.07 Å². The molecule has 0 saturated carbocycles. The number of phenols is 1. The van der Waals surface area contributed by atoms with Crippen molar-refractivity contribution in [3.05, 3.63) is 109 Å². The average molecular weight is 577 g/mol. The van der Waals surface area contributed by atoms with Gasteiger partial charge in [-0.3, -0.25) is 0 Å². The van der Waals surface area contributed by atoms with Crippen LogP contribution in [0.2, 0.25) is 0 Å². The highest BCUT2D eigenvalue weighted by molar-refractivity contribution is 6.25. The number of hydrogen-bond acceptors (Lipinski definition) is 4. The summed E-state index contributed by atoms with van der Waals surface area (Å²) in [5.41, 5.74) is 4.08. The Morgan fingerprint density at radius 1 is 0.682 bits per heavy atom. The van der Waals surface area contributed by atoms with Crippen molar-refractivity contribution in [2.45, 2.75) is 39.5 Å². The first-order valence-electron chi connectivity index (χ1n) is 15.7. The van der Waals surface area contributed by atoms with Crippen LogP contribution in [0.5, 0.6) is 11.5 Å². The molecule has 1 heterocycles. The van der Waals surface area contributed by atoms with Crippen molar-refractivity contribution in [1.29, 1.82) is 0 Å². The Morgan fingerprint density at radius 2 is 1.36 bits per heavy atom. The molecule has 0 spiro atoms. The summed E-state index contributed by atoms with van der Waals surface area (Å²) < 4.78 is 6.13. The lowest BCUT2D eigenvalue weighted by atomic mass is 9.91. The average Bonchev–Trinajstić information content (AvgIpc) is 3.07. The van der Waals surface area contributed by atoms with Gasteiger partial charge < -0.3 is 9.84 Å². The highest BCUT2D eigenvalue weighted by Crippen LogP contribution is 2.40. The number of unbranched alkanes of at least 4 members (excludes halogenated alkanes) is 1. The fourth-order valence-electron chi connectivity index (χ4n) is 6.33. The normalized spacial score (nSPS) is 12.3. The second-order valence-electron chi connectivity index (χ2n) is 11.7. The molecule has 1 unspecified atom stereocenters. The van der Waals surface area contributed by atoms with Crippen LogP contribution in [0.4, 0.5) is 0 Å². The largest absolute Gasteiger partial charge is 0.507 e. The Balaban J connectivity index is 1.33. The predicted octanol–water partition coefficient (Wildman–Crippen LogP) is 10.7. The first-order chi connectivity index (χ1) is 21.6. The molecule has 0 aliphatic rings. The maximum atomic E-state index is 11.2. The zero-order valence-corrected chi connectivity index (χ0v) is 25.3. The molecule has 0 fully saturated rings. The van der Waals surface area contributed by atoms with Crippen molar-refractivity contribution < 1.29 is 9.84 Å². The minimum atomic E-state index is 0.142. The zero-order chi connectivity index (χ0) is 30.0. The fourth-order valence-corrected chi connectivity index (χ4v) is 6.33. The summed E-state index contributed by atoms with van der Waals surface area (Å²) in [5, 5.41) is 18.6. The lowest BCUT2D eigenvalue weighted by molar-refractivity contribution is 0.232. The minimum absolute atomic E-state index is 0.142. The number of rotatable bonds is 10. The molecule has 6 aromatic carbocycles. The predicted molar refractivity (Wildman–Crippen MR) is 183 cm³/mol. The molecular formula is C40H36N2O2. The van der Waals surface area contributed by atoms with Gasteiger partial charge in [0.15, 0.2) is 5.82 Å². The van der Waals surface area contributed by atoms with Crippen LogP contribution < -0.4 is 4.74 Å². The number of aromatic hydroxyl groups is 1. The topological polar surface area (TPSA) is 55.2 Å². The molecule has 7 rings (SSSR count). The third kappa shape index (κ3) is 5.22.